The summed E-state index contributed by atoms with van der Waals surface area (Å²) in [5.41, 5.74) is 0.0883. The smallest absolute Gasteiger partial charge is 0.400 e. The number of carbonyl (C=O) groups excluding carboxylic acids is 1. The van der Waals surface area contributed by atoms with Crippen molar-refractivity contribution in [3.63, 3.8) is 0 Å². The number of amides is 1. The lowest BCUT2D eigenvalue weighted by Crippen LogP contribution is -2.30. The van der Waals surface area contributed by atoms with Gasteiger partial charge in [0.15, 0.2) is 5.76 Å². The van der Waals surface area contributed by atoms with Crippen molar-refractivity contribution < 1.29 is 27.3 Å². The van der Waals surface area contributed by atoms with Gasteiger partial charge >= 0.3 is 12.1 Å². The number of pyridine rings is 1. The van der Waals surface area contributed by atoms with Crippen LogP contribution >= 0.6 is 0 Å². The summed E-state index contributed by atoms with van der Waals surface area (Å²) >= 11 is 0. The van der Waals surface area contributed by atoms with E-state index in [0.717, 1.165) is 12.3 Å². The molecule has 0 spiro atoms. The number of halogens is 3. The zero-order valence-corrected chi connectivity index (χ0v) is 12.2. The number of furan rings is 1. The summed E-state index contributed by atoms with van der Waals surface area (Å²) in [6, 6.07) is 3.61. The van der Waals surface area contributed by atoms with Crippen molar-refractivity contribution in [3.8, 4) is 0 Å². The fraction of sp³-hybridized carbons (Fsp3) is 0.154. The van der Waals surface area contributed by atoms with Gasteiger partial charge in [-0.2, -0.15) is 18.3 Å². The first-order valence-electron chi connectivity index (χ1n) is 6.50. The highest BCUT2D eigenvalue weighted by molar-refractivity contribution is 5.80. The van der Waals surface area contributed by atoms with E-state index in [-0.39, 0.29) is 5.76 Å². The molecule has 0 fully saturated rings. The summed E-state index contributed by atoms with van der Waals surface area (Å²) in [4.78, 5) is 32.8. The van der Waals surface area contributed by atoms with Gasteiger partial charge < -0.3 is 8.98 Å². The van der Waals surface area contributed by atoms with E-state index < -0.39 is 40.6 Å². The van der Waals surface area contributed by atoms with Crippen LogP contribution in [-0.4, -0.2) is 21.6 Å². The van der Waals surface area contributed by atoms with Crippen LogP contribution in [0.2, 0.25) is 0 Å². The minimum atomic E-state index is -4.65. The fourth-order valence-corrected chi connectivity index (χ4v) is 1.69. The molecule has 2 rings (SSSR count). The van der Waals surface area contributed by atoms with Gasteiger partial charge in [-0.3, -0.25) is 19.7 Å². The van der Waals surface area contributed by atoms with E-state index in [9.17, 15) is 32.9 Å². The molecule has 0 aromatic carbocycles. The molecule has 0 radical (unpaired) electrons. The van der Waals surface area contributed by atoms with E-state index in [1.165, 1.54) is 6.07 Å². The monoisotopic (exact) mass is 358 g/mol. The third-order valence-corrected chi connectivity index (χ3v) is 2.80. The Morgan fingerprint density at radius 2 is 2.08 bits per heavy atom. The van der Waals surface area contributed by atoms with Gasteiger partial charge in [-0.15, -0.1) is 0 Å². The maximum absolute atomic E-state index is 12.6. The Morgan fingerprint density at radius 1 is 1.36 bits per heavy atom. The van der Waals surface area contributed by atoms with Crippen LogP contribution in [0, 0.1) is 10.1 Å². The Balaban J connectivity index is 2.01. The molecule has 12 heteroatoms. The van der Waals surface area contributed by atoms with Gasteiger partial charge in [0, 0.05) is 12.3 Å². The van der Waals surface area contributed by atoms with Crippen LogP contribution in [0.4, 0.5) is 19.1 Å². The number of hydrogen-bond acceptors (Lipinski definition) is 6. The van der Waals surface area contributed by atoms with Crippen LogP contribution in [0.3, 0.4) is 0 Å². The molecule has 132 valence electrons. The van der Waals surface area contributed by atoms with Crippen LogP contribution in [0.5, 0.6) is 0 Å². The number of hydrazone groups is 1. The average Bonchev–Trinajstić information content (AvgIpc) is 2.97. The van der Waals surface area contributed by atoms with Crippen LogP contribution in [-0.2, 0) is 17.5 Å². The van der Waals surface area contributed by atoms with Crippen molar-refractivity contribution in [1.29, 1.82) is 0 Å². The molecule has 25 heavy (non-hydrogen) atoms. The highest BCUT2D eigenvalue weighted by Gasteiger charge is 2.31. The Morgan fingerprint density at radius 3 is 2.68 bits per heavy atom. The van der Waals surface area contributed by atoms with Gasteiger partial charge in [0.05, 0.1) is 17.8 Å². The Kier molecular flexibility index (Phi) is 5.00. The molecule has 2 aromatic rings. The number of hydrogen-bond donors (Lipinski definition) is 1. The van der Waals surface area contributed by atoms with Crippen LogP contribution in [0.1, 0.15) is 11.3 Å². The lowest BCUT2D eigenvalue weighted by atomic mass is 10.3. The lowest BCUT2D eigenvalue weighted by Gasteiger charge is -2.09. The number of nitrogens with one attached hydrogen (secondary N) is 1. The molecule has 0 aliphatic carbocycles. The van der Waals surface area contributed by atoms with Crippen molar-refractivity contribution in [1.82, 2.24) is 9.99 Å². The molecule has 0 aliphatic rings. The van der Waals surface area contributed by atoms with E-state index in [0.29, 0.717) is 22.9 Å². The summed E-state index contributed by atoms with van der Waals surface area (Å²) in [6.07, 6.45) is -3.18. The van der Waals surface area contributed by atoms with Gasteiger partial charge in [-0.1, -0.05) is 0 Å². The summed E-state index contributed by atoms with van der Waals surface area (Å²) in [5.74, 6) is -1.43. The quantitative estimate of drug-likeness (QED) is 0.494. The Bertz CT molecular complexity index is 884. The topological polar surface area (TPSA) is 120 Å². The lowest BCUT2D eigenvalue weighted by molar-refractivity contribution is -0.402. The van der Waals surface area contributed by atoms with E-state index >= 15 is 0 Å². The third kappa shape index (κ3) is 4.76. The number of nitro groups is 1. The molecular weight excluding hydrogens is 349 g/mol. The predicted octanol–water partition coefficient (Wildman–Crippen LogP) is 1.52. The molecule has 9 nitrogen and oxygen atoms in total. The molecule has 0 bridgehead atoms. The first-order valence-corrected chi connectivity index (χ1v) is 6.50. The number of aromatic nitrogens is 1. The molecule has 1 N–H and O–H groups in total. The molecular formula is C13H9F3N4O5. The molecule has 0 saturated heterocycles. The maximum Gasteiger partial charge on any atom is 0.433 e. The predicted molar refractivity (Wildman–Crippen MR) is 76.8 cm³/mol. The molecule has 0 saturated carbocycles. The van der Waals surface area contributed by atoms with Crippen molar-refractivity contribution in [2.45, 2.75) is 12.7 Å². The zero-order chi connectivity index (χ0) is 18.6. The van der Waals surface area contributed by atoms with Gasteiger partial charge in [0.2, 0.25) is 0 Å². The standard InChI is InChI=1S/C13H9F3N4O5/c14-13(15,16)8-1-3-11(22)19(6-8)7-10(21)18-17-5-9-2-4-12(25-9)20(23)24/h1-6H,7H2,(H,18,21)/b17-5+. The number of rotatable bonds is 5. The summed E-state index contributed by atoms with van der Waals surface area (Å²) in [5, 5.41) is 13.8. The van der Waals surface area contributed by atoms with Gasteiger partial charge in [-0.25, -0.2) is 5.43 Å². The van der Waals surface area contributed by atoms with E-state index in [1.54, 1.807) is 0 Å². The Labute approximate surface area is 136 Å². The van der Waals surface area contributed by atoms with Crippen molar-refractivity contribution >= 4 is 18.0 Å². The molecule has 0 aliphatic heterocycles. The average molecular weight is 358 g/mol. The van der Waals surface area contributed by atoms with Gasteiger partial charge in [0.25, 0.3) is 11.5 Å². The van der Waals surface area contributed by atoms with Crippen molar-refractivity contribution in [2.75, 3.05) is 0 Å². The van der Waals surface area contributed by atoms with Crippen molar-refractivity contribution in [3.05, 3.63) is 62.3 Å². The maximum atomic E-state index is 12.6. The second kappa shape index (κ2) is 6.98. The van der Waals surface area contributed by atoms with Crippen LogP contribution < -0.4 is 11.0 Å². The third-order valence-electron chi connectivity index (χ3n) is 2.80. The zero-order valence-electron chi connectivity index (χ0n) is 12.2. The SMILES string of the molecule is O=C(Cn1cc(C(F)(F)F)ccc1=O)N/N=C/c1ccc([N+](=O)[O-])o1. The molecule has 2 heterocycles. The molecule has 0 unspecified atom stereocenters. The highest BCUT2D eigenvalue weighted by Crippen LogP contribution is 2.27. The van der Waals surface area contributed by atoms with Crippen molar-refractivity contribution in [2.24, 2.45) is 5.10 Å². The summed E-state index contributed by atoms with van der Waals surface area (Å²) in [7, 11) is 0. The highest BCUT2D eigenvalue weighted by atomic mass is 19.4. The van der Waals surface area contributed by atoms with E-state index in [1.807, 2.05) is 5.43 Å². The van der Waals surface area contributed by atoms with Crippen LogP contribution in [0.15, 0.2) is 44.8 Å². The summed E-state index contributed by atoms with van der Waals surface area (Å²) < 4.78 is 43.1. The molecule has 0 atom stereocenters. The largest absolute Gasteiger partial charge is 0.433 e. The van der Waals surface area contributed by atoms with Crippen LogP contribution in [0.25, 0.3) is 0 Å². The Hall–Kier alpha value is -3.44. The van der Waals surface area contributed by atoms with Gasteiger partial charge in [-0.05, 0) is 12.1 Å². The van der Waals surface area contributed by atoms with E-state index in [4.69, 9.17) is 4.42 Å². The second-order valence-electron chi connectivity index (χ2n) is 4.61. The second-order valence-corrected chi connectivity index (χ2v) is 4.61. The number of carbonyl (C=O) groups is 1. The number of alkyl halides is 3. The minimum absolute atomic E-state index is 0.0248. The normalized spacial score (nSPS) is 11.6. The first-order chi connectivity index (χ1) is 11.7. The minimum Gasteiger partial charge on any atom is -0.400 e. The molecule has 2 aromatic heterocycles. The summed E-state index contributed by atoms with van der Waals surface area (Å²) in [6.45, 7) is -0.696. The fourth-order valence-electron chi connectivity index (χ4n) is 1.69. The molecule has 1 amide bonds. The van der Waals surface area contributed by atoms with Gasteiger partial charge in [0.1, 0.15) is 11.5 Å². The first kappa shape index (κ1) is 17.9. The number of nitrogens with zero attached hydrogens (tertiary/aromatic N) is 3. The van der Waals surface area contributed by atoms with E-state index in [2.05, 4.69) is 5.10 Å².